The van der Waals surface area contributed by atoms with Crippen molar-refractivity contribution in [1.82, 2.24) is 14.6 Å². The number of benzene rings is 1. The summed E-state index contributed by atoms with van der Waals surface area (Å²) in [5.41, 5.74) is -3.66. The van der Waals surface area contributed by atoms with Gasteiger partial charge in [-0.25, -0.2) is 17.8 Å². The molecule has 340 valence electrons. The van der Waals surface area contributed by atoms with E-state index >= 15 is 4.79 Å². The summed E-state index contributed by atoms with van der Waals surface area (Å²) in [6.07, 6.45) is -0.00207. The van der Waals surface area contributed by atoms with Crippen LogP contribution in [0.15, 0.2) is 36.4 Å². The molecule has 7 rings (SSSR count). The van der Waals surface area contributed by atoms with Crippen LogP contribution in [0.25, 0.3) is 10.8 Å². The number of alkyl halides is 4. The van der Waals surface area contributed by atoms with Gasteiger partial charge in [0.05, 0.1) is 44.1 Å². The molecule has 0 spiro atoms. The average molecular weight is 894 g/mol. The van der Waals surface area contributed by atoms with Crippen LogP contribution in [0.4, 0.5) is 17.6 Å². The molecule has 62 heavy (non-hydrogen) atoms. The van der Waals surface area contributed by atoms with Crippen LogP contribution >= 0.6 is 0 Å². The number of halogens is 4. The van der Waals surface area contributed by atoms with Crippen molar-refractivity contribution < 1.29 is 64.1 Å². The Morgan fingerprint density at radius 1 is 1.10 bits per heavy atom. The van der Waals surface area contributed by atoms with Gasteiger partial charge < -0.3 is 23.8 Å². The van der Waals surface area contributed by atoms with Gasteiger partial charge in [0, 0.05) is 24.8 Å². The largest absolute Gasteiger partial charge is 0.497 e. The summed E-state index contributed by atoms with van der Waals surface area (Å²) in [6.45, 7) is 4.92. The van der Waals surface area contributed by atoms with Crippen LogP contribution in [0.1, 0.15) is 97.1 Å². The molecule has 5 aliphatic rings. The number of hydrogen-bond donors (Lipinski definition) is 1. The van der Waals surface area contributed by atoms with Crippen LogP contribution in [0.3, 0.4) is 0 Å². The van der Waals surface area contributed by atoms with Crippen LogP contribution < -0.4 is 14.2 Å². The number of aromatic nitrogens is 1. The van der Waals surface area contributed by atoms with E-state index in [2.05, 4.69) is 9.71 Å². The number of rotatable bonds is 10. The number of pyridine rings is 1. The Bertz CT molecular complexity index is 2210. The maximum absolute atomic E-state index is 15.0. The highest BCUT2D eigenvalue weighted by Gasteiger charge is 2.63. The van der Waals surface area contributed by atoms with Gasteiger partial charge in [-0.05, 0) is 106 Å². The van der Waals surface area contributed by atoms with Gasteiger partial charge in [-0.1, -0.05) is 26.0 Å². The van der Waals surface area contributed by atoms with Crippen LogP contribution in [-0.4, -0.2) is 97.9 Å². The van der Waals surface area contributed by atoms with Crippen LogP contribution in [0.5, 0.6) is 11.6 Å². The smallest absolute Gasteiger partial charge is 0.433 e. The summed E-state index contributed by atoms with van der Waals surface area (Å²) in [4.78, 5) is 62.7. The van der Waals surface area contributed by atoms with Crippen LogP contribution in [0, 0.1) is 29.1 Å². The lowest BCUT2D eigenvalue weighted by Gasteiger charge is -2.35. The molecular weight excluding hydrogens is 839 g/mol. The van der Waals surface area contributed by atoms with Gasteiger partial charge in [0.25, 0.3) is 0 Å². The van der Waals surface area contributed by atoms with Crippen molar-refractivity contribution in [3.8, 4) is 11.6 Å². The molecule has 2 saturated heterocycles. The number of ketones is 1. The minimum atomic E-state index is -4.86. The number of Topliss-reactive ketones (excluding diaryl/α,β-unsaturated/α-hetero) is 1. The van der Waals surface area contributed by atoms with Crippen molar-refractivity contribution >= 4 is 44.4 Å². The third-order valence-corrected chi connectivity index (χ3v) is 15.6. The highest BCUT2D eigenvalue weighted by Crippen LogP contribution is 2.58. The SMILES string of the molecule is COc1ccc2c(O[C@@H]3C[C@H]4C(=O)C[C@]5(C(=O)NS(=O)(=O)C6(CF)CC6)C[C@H]5/C=C\CC[C@H](C)C[C@@H](C)[C@H](CC(=O)OC5(C)CCCOC5)C(=O)N4C3)nc(C(F)(F)F)cc2c1. The molecule has 2 amide bonds. The summed E-state index contributed by atoms with van der Waals surface area (Å²) >= 11 is 0. The standard InChI is InChI=1S/C44H55F4N3O10S/c1-26-8-5-6-9-29-21-43(29,40(55)50-62(56,57)42(24-45)13-14-42)22-35(52)34-19-31(60-38-32-11-10-30(58-4)17-28(32)18-36(49-38)44(46,47)48)23-51(34)39(54)33(27(2)16-26)20-37(53)61-41(3)12-7-15-59-25-41/h6,9-11,17-18,26-27,29,31,33-34H,5,7-8,12-16,19-25H2,1-4H3,(H,50,55)/b9-6-/t26-,27+,29+,31+,33-,34-,41?,43+/m0/s1. The molecule has 13 nitrogen and oxygen atoms in total. The number of esters is 1. The number of methoxy groups -OCH3 is 1. The fourth-order valence-electron chi connectivity index (χ4n) is 9.45. The molecule has 4 heterocycles. The zero-order chi connectivity index (χ0) is 44.8. The van der Waals surface area contributed by atoms with Gasteiger partial charge in [-0.3, -0.25) is 23.9 Å². The highest BCUT2D eigenvalue weighted by molar-refractivity contribution is 7.91. The molecule has 1 aromatic heterocycles. The normalized spacial score (nSPS) is 32.1. The molecule has 0 radical (unpaired) electrons. The van der Waals surface area contributed by atoms with E-state index in [4.69, 9.17) is 18.9 Å². The molecule has 0 bridgehead atoms. The molecule has 1 aromatic carbocycles. The first-order valence-electron chi connectivity index (χ1n) is 21.4. The molecule has 3 aliphatic heterocycles. The first-order chi connectivity index (χ1) is 29.2. The van der Waals surface area contributed by atoms with Gasteiger partial charge in [0.15, 0.2) is 5.78 Å². The topological polar surface area (TPSA) is 168 Å². The molecule has 2 aliphatic carbocycles. The Morgan fingerprint density at radius 3 is 2.52 bits per heavy atom. The number of fused-ring (bicyclic) bond motifs is 3. The number of nitrogens with zero attached hydrogens (tertiary/aromatic N) is 2. The molecule has 2 saturated carbocycles. The summed E-state index contributed by atoms with van der Waals surface area (Å²) in [5.74, 6) is -4.68. The zero-order valence-corrected chi connectivity index (χ0v) is 36.2. The van der Waals surface area contributed by atoms with Crippen molar-refractivity contribution in [2.75, 3.05) is 33.5 Å². The summed E-state index contributed by atoms with van der Waals surface area (Å²) in [6, 6.07) is 4.02. The average Bonchev–Trinajstić information content (AvgIpc) is 4.12. The van der Waals surface area contributed by atoms with Gasteiger partial charge in [0.2, 0.25) is 27.7 Å². The number of carbonyl (C=O) groups excluding carboxylic acids is 4. The van der Waals surface area contributed by atoms with E-state index < -0.39 is 104 Å². The minimum absolute atomic E-state index is 0.0454. The van der Waals surface area contributed by atoms with E-state index in [0.29, 0.717) is 44.5 Å². The molecule has 18 heteroatoms. The molecule has 1 N–H and O–H groups in total. The molecular formula is C44H55F4N3O10S. The summed E-state index contributed by atoms with van der Waals surface area (Å²) in [7, 11) is -3.06. The Morgan fingerprint density at radius 2 is 1.85 bits per heavy atom. The second-order valence-corrected chi connectivity index (χ2v) is 20.5. The number of carbonyl (C=O) groups is 4. The summed E-state index contributed by atoms with van der Waals surface area (Å²) in [5, 5.41) is 0.340. The lowest BCUT2D eigenvalue weighted by Crippen LogP contribution is -2.48. The lowest BCUT2D eigenvalue weighted by molar-refractivity contribution is -0.174. The van der Waals surface area contributed by atoms with Crippen molar-refractivity contribution in [3.63, 3.8) is 0 Å². The lowest BCUT2D eigenvalue weighted by atomic mass is 9.82. The predicted molar refractivity (Wildman–Crippen MR) is 217 cm³/mol. The van der Waals surface area contributed by atoms with E-state index in [9.17, 15) is 40.4 Å². The number of sulfonamides is 1. The Kier molecular flexibility index (Phi) is 12.8. The van der Waals surface area contributed by atoms with Gasteiger partial charge in [0.1, 0.15) is 34.6 Å². The Hall–Kier alpha value is -4.32. The van der Waals surface area contributed by atoms with Crippen LogP contribution in [-0.2, 0) is 44.9 Å². The quantitative estimate of drug-likeness (QED) is 0.154. The summed E-state index contributed by atoms with van der Waals surface area (Å²) < 4.78 is 106. The molecule has 8 atom stereocenters. The fraction of sp³-hybridized carbons (Fsp3) is 0.659. The van der Waals surface area contributed by atoms with Gasteiger partial charge >= 0.3 is 12.1 Å². The Balaban J connectivity index is 1.24. The minimum Gasteiger partial charge on any atom is -0.497 e. The molecule has 1 unspecified atom stereocenters. The third-order valence-electron chi connectivity index (χ3n) is 13.5. The van der Waals surface area contributed by atoms with Gasteiger partial charge in [-0.15, -0.1) is 0 Å². The zero-order valence-electron chi connectivity index (χ0n) is 35.4. The first kappa shape index (κ1) is 45.7. The third kappa shape index (κ3) is 9.46. The molecule has 2 aromatic rings. The number of nitrogens with one attached hydrogen (secondary N) is 1. The van der Waals surface area contributed by atoms with Crippen LogP contribution in [0.2, 0.25) is 0 Å². The maximum atomic E-state index is 15.0. The van der Waals surface area contributed by atoms with E-state index in [1.54, 1.807) is 13.0 Å². The van der Waals surface area contributed by atoms with E-state index in [1.807, 2.05) is 19.9 Å². The fourth-order valence-corrected chi connectivity index (χ4v) is 10.9. The monoisotopic (exact) mass is 893 g/mol. The highest BCUT2D eigenvalue weighted by atomic mass is 32.2. The Labute approximate surface area is 358 Å². The van der Waals surface area contributed by atoms with E-state index in [0.717, 1.165) is 6.07 Å². The van der Waals surface area contributed by atoms with E-state index in [1.165, 1.54) is 30.2 Å². The van der Waals surface area contributed by atoms with Gasteiger partial charge in [-0.2, -0.15) is 13.2 Å². The second kappa shape index (κ2) is 17.3. The van der Waals surface area contributed by atoms with E-state index in [-0.39, 0.29) is 67.8 Å². The maximum Gasteiger partial charge on any atom is 0.433 e. The van der Waals surface area contributed by atoms with Crippen molar-refractivity contribution in [3.05, 3.63) is 42.1 Å². The van der Waals surface area contributed by atoms with Crippen molar-refractivity contribution in [2.24, 2.45) is 29.1 Å². The predicted octanol–water partition coefficient (Wildman–Crippen LogP) is 6.66. The number of allylic oxidation sites excluding steroid dienone is 2. The number of hydrogen-bond acceptors (Lipinski definition) is 11. The second-order valence-electron chi connectivity index (χ2n) is 18.5. The number of amides is 2. The molecule has 4 fully saturated rings. The van der Waals surface area contributed by atoms with Crippen molar-refractivity contribution in [2.45, 2.75) is 120 Å². The first-order valence-corrected chi connectivity index (χ1v) is 22.9. The number of ether oxygens (including phenoxy) is 4. The van der Waals surface area contributed by atoms with Crippen molar-refractivity contribution in [1.29, 1.82) is 0 Å².